The van der Waals surface area contributed by atoms with E-state index in [-0.39, 0.29) is 5.69 Å². The van der Waals surface area contributed by atoms with Gasteiger partial charge in [0, 0.05) is 0 Å². The maximum atomic E-state index is 11.0. The average molecular weight is 217 g/mol. The normalized spacial score (nSPS) is 10.4. The highest BCUT2D eigenvalue weighted by Crippen LogP contribution is 2.24. The number of primary amides is 1. The van der Waals surface area contributed by atoms with Gasteiger partial charge in [0.25, 0.3) is 5.91 Å². The zero-order valence-corrected chi connectivity index (χ0v) is 9.02. The third-order valence-corrected chi connectivity index (χ3v) is 2.29. The Labute approximate surface area is 92.3 Å². The fraction of sp³-hybridized carbons (Fsp3) is 0.182. The van der Waals surface area contributed by atoms with Crippen molar-refractivity contribution in [3.63, 3.8) is 0 Å². The van der Waals surface area contributed by atoms with E-state index in [0.29, 0.717) is 11.5 Å². The van der Waals surface area contributed by atoms with Crippen LogP contribution in [0.3, 0.4) is 0 Å². The van der Waals surface area contributed by atoms with E-state index in [1.165, 1.54) is 0 Å². The minimum Gasteiger partial charge on any atom is -0.364 e. The number of aromatic nitrogens is 2. The molecule has 5 nitrogen and oxygen atoms in total. The summed E-state index contributed by atoms with van der Waals surface area (Å²) in [5.41, 5.74) is 7.60. The molecule has 1 amide bonds. The maximum Gasteiger partial charge on any atom is 0.267 e. The first-order valence-electron chi connectivity index (χ1n) is 4.79. The summed E-state index contributed by atoms with van der Waals surface area (Å²) in [7, 11) is 0. The minimum absolute atomic E-state index is 0.234. The molecule has 2 N–H and O–H groups in total. The first-order chi connectivity index (χ1) is 7.59. The van der Waals surface area contributed by atoms with Crippen LogP contribution in [-0.4, -0.2) is 16.0 Å². The molecule has 0 aromatic carbocycles. The highest BCUT2D eigenvalue weighted by Gasteiger charge is 2.13. The molecule has 0 bridgehead atoms. The van der Waals surface area contributed by atoms with E-state index in [1.54, 1.807) is 25.1 Å². The molecule has 2 rings (SSSR count). The molecule has 0 atom stereocenters. The van der Waals surface area contributed by atoms with Crippen LogP contribution in [0.15, 0.2) is 22.7 Å². The standard InChI is InChI=1S/C11H11N3O2/c1-6-10(7(2)16-14-6)8-4-3-5-9(13-8)11(12)15/h3-5H,1-2H3,(H2,12,15). The lowest BCUT2D eigenvalue weighted by Crippen LogP contribution is -2.13. The van der Waals surface area contributed by atoms with Crippen molar-refractivity contribution in [3.8, 4) is 11.3 Å². The number of carbonyl (C=O) groups excluding carboxylic acids is 1. The van der Waals surface area contributed by atoms with Gasteiger partial charge >= 0.3 is 0 Å². The van der Waals surface area contributed by atoms with Gasteiger partial charge in [-0.3, -0.25) is 4.79 Å². The Morgan fingerprint density at radius 3 is 2.69 bits per heavy atom. The molecule has 0 aliphatic carbocycles. The van der Waals surface area contributed by atoms with Crippen molar-refractivity contribution in [1.82, 2.24) is 10.1 Å². The monoisotopic (exact) mass is 217 g/mol. The van der Waals surface area contributed by atoms with Crippen molar-refractivity contribution in [2.75, 3.05) is 0 Å². The predicted molar refractivity (Wildman–Crippen MR) is 57.7 cm³/mol. The molecule has 0 saturated heterocycles. The lowest BCUT2D eigenvalue weighted by atomic mass is 10.1. The fourth-order valence-electron chi connectivity index (χ4n) is 1.56. The number of nitrogens with two attached hydrogens (primary N) is 1. The number of hydrogen-bond donors (Lipinski definition) is 1. The highest BCUT2D eigenvalue weighted by molar-refractivity contribution is 5.91. The predicted octanol–water partition coefficient (Wildman–Crippen LogP) is 1.45. The summed E-state index contributed by atoms with van der Waals surface area (Å²) in [6.07, 6.45) is 0. The Morgan fingerprint density at radius 1 is 1.38 bits per heavy atom. The molecule has 5 heteroatoms. The second-order valence-corrected chi connectivity index (χ2v) is 3.47. The fourth-order valence-corrected chi connectivity index (χ4v) is 1.56. The molecule has 0 fully saturated rings. The highest BCUT2D eigenvalue weighted by atomic mass is 16.5. The van der Waals surface area contributed by atoms with E-state index in [9.17, 15) is 4.79 Å². The van der Waals surface area contributed by atoms with Crippen molar-refractivity contribution in [3.05, 3.63) is 35.3 Å². The van der Waals surface area contributed by atoms with Crippen molar-refractivity contribution in [2.45, 2.75) is 13.8 Å². The number of amides is 1. The molecule has 0 saturated carbocycles. The van der Waals surface area contributed by atoms with Gasteiger partial charge in [0.15, 0.2) is 0 Å². The van der Waals surface area contributed by atoms with Crippen LogP contribution in [0.5, 0.6) is 0 Å². The summed E-state index contributed by atoms with van der Waals surface area (Å²) >= 11 is 0. The van der Waals surface area contributed by atoms with Gasteiger partial charge < -0.3 is 10.3 Å². The van der Waals surface area contributed by atoms with Gasteiger partial charge in [-0.05, 0) is 26.0 Å². The van der Waals surface area contributed by atoms with Crippen LogP contribution < -0.4 is 5.73 Å². The van der Waals surface area contributed by atoms with Gasteiger partial charge in [-0.1, -0.05) is 11.2 Å². The molecule has 0 aliphatic heterocycles. The molecule has 16 heavy (non-hydrogen) atoms. The van der Waals surface area contributed by atoms with Crippen LogP contribution in [0.2, 0.25) is 0 Å². The van der Waals surface area contributed by atoms with E-state index >= 15 is 0 Å². The summed E-state index contributed by atoms with van der Waals surface area (Å²) in [6.45, 7) is 3.62. The Kier molecular flexibility index (Phi) is 2.44. The van der Waals surface area contributed by atoms with Crippen LogP contribution in [-0.2, 0) is 0 Å². The van der Waals surface area contributed by atoms with E-state index in [1.807, 2.05) is 6.92 Å². The summed E-state index contributed by atoms with van der Waals surface area (Å²) in [6, 6.07) is 5.09. The summed E-state index contributed by atoms with van der Waals surface area (Å²) < 4.78 is 5.04. The molecule has 2 aromatic rings. The van der Waals surface area contributed by atoms with Gasteiger partial charge in [-0.2, -0.15) is 0 Å². The number of rotatable bonds is 2. The van der Waals surface area contributed by atoms with Crippen molar-refractivity contribution < 1.29 is 9.32 Å². The molecule has 2 aromatic heterocycles. The largest absolute Gasteiger partial charge is 0.364 e. The first kappa shape index (κ1) is 10.4. The van der Waals surface area contributed by atoms with E-state index in [4.69, 9.17) is 10.3 Å². The first-order valence-corrected chi connectivity index (χ1v) is 4.79. The van der Waals surface area contributed by atoms with Crippen molar-refractivity contribution >= 4 is 5.91 Å². The van der Waals surface area contributed by atoms with E-state index < -0.39 is 5.91 Å². The number of carbonyl (C=O) groups is 1. The molecular formula is C11H11N3O2. The smallest absolute Gasteiger partial charge is 0.267 e. The summed E-state index contributed by atoms with van der Waals surface area (Å²) in [5, 5.41) is 3.84. The summed E-state index contributed by atoms with van der Waals surface area (Å²) in [4.78, 5) is 15.2. The van der Waals surface area contributed by atoms with Gasteiger partial charge in [0.05, 0.1) is 17.0 Å². The zero-order chi connectivity index (χ0) is 11.7. The van der Waals surface area contributed by atoms with Crippen LogP contribution in [0.1, 0.15) is 21.9 Å². The molecule has 0 spiro atoms. The van der Waals surface area contributed by atoms with Gasteiger partial charge in [-0.15, -0.1) is 0 Å². The molecule has 82 valence electrons. The second kappa shape index (κ2) is 3.77. The topological polar surface area (TPSA) is 82.0 Å². The lowest BCUT2D eigenvalue weighted by Gasteiger charge is -2.00. The Morgan fingerprint density at radius 2 is 2.12 bits per heavy atom. The van der Waals surface area contributed by atoms with Gasteiger partial charge in [0.2, 0.25) is 0 Å². The Balaban J connectivity index is 2.57. The minimum atomic E-state index is -0.548. The quantitative estimate of drug-likeness (QED) is 0.825. The molecule has 0 radical (unpaired) electrons. The second-order valence-electron chi connectivity index (χ2n) is 3.47. The third-order valence-electron chi connectivity index (χ3n) is 2.29. The number of pyridine rings is 1. The number of nitrogens with zero attached hydrogens (tertiary/aromatic N) is 2. The van der Waals surface area contributed by atoms with Crippen LogP contribution in [0.4, 0.5) is 0 Å². The maximum absolute atomic E-state index is 11.0. The van der Waals surface area contributed by atoms with Crippen LogP contribution >= 0.6 is 0 Å². The molecular weight excluding hydrogens is 206 g/mol. The lowest BCUT2D eigenvalue weighted by molar-refractivity contribution is 0.0995. The van der Waals surface area contributed by atoms with Crippen LogP contribution in [0, 0.1) is 13.8 Å². The average Bonchev–Trinajstić information content (AvgIpc) is 2.59. The van der Waals surface area contributed by atoms with Crippen molar-refractivity contribution in [1.29, 1.82) is 0 Å². The Bertz CT molecular complexity index is 526. The third kappa shape index (κ3) is 1.67. The van der Waals surface area contributed by atoms with E-state index in [2.05, 4.69) is 10.1 Å². The van der Waals surface area contributed by atoms with E-state index in [0.717, 1.165) is 11.3 Å². The number of hydrogen-bond acceptors (Lipinski definition) is 4. The molecule has 2 heterocycles. The Hall–Kier alpha value is -2.17. The van der Waals surface area contributed by atoms with Crippen molar-refractivity contribution in [2.24, 2.45) is 5.73 Å². The van der Waals surface area contributed by atoms with Crippen LogP contribution in [0.25, 0.3) is 11.3 Å². The zero-order valence-electron chi connectivity index (χ0n) is 9.02. The van der Waals surface area contributed by atoms with Gasteiger partial charge in [0.1, 0.15) is 11.5 Å². The van der Waals surface area contributed by atoms with Gasteiger partial charge in [-0.25, -0.2) is 4.98 Å². The molecule has 0 unspecified atom stereocenters. The number of aryl methyl sites for hydroxylation is 2. The summed E-state index contributed by atoms with van der Waals surface area (Å²) in [5.74, 6) is 0.125. The molecule has 0 aliphatic rings. The SMILES string of the molecule is Cc1noc(C)c1-c1cccc(C(N)=O)n1.